The predicted molar refractivity (Wildman–Crippen MR) is 107 cm³/mol. The molecule has 0 spiro atoms. The maximum absolute atomic E-state index is 6.17. The van der Waals surface area contributed by atoms with E-state index >= 15 is 0 Å². The largest absolute Gasteiger partial charge is 0.496 e. The summed E-state index contributed by atoms with van der Waals surface area (Å²) < 4.78 is 5.38. The average molecular weight is 369 g/mol. The summed E-state index contributed by atoms with van der Waals surface area (Å²) in [6.07, 6.45) is 2.37. The van der Waals surface area contributed by atoms with Gasteiger partial charge in [-0.15, -0.1) is 0 Å². The van der Waals surface area contributed by atoms with Crippen molar-refractivity contribution in [3.8, 4) is 5.75 Å². The second-order valence-corrected chi connectivity index (χ2v) is 6.22. The van der Waals surface area contributed by atoms with Crippen molar-refractivity contribution >= 4 is 28.9 Å². The first-order valence-corrected chi connectivity index (χ1v) is 8.75. The smallest absolute Gasteiger partial charge is 0.135 e. The Labute approximate surface area is 158 Å². The van der Waals surface area contributed by atoms with Crippen LogP contribution in [-0.4, -0.2) is 23.6 Å². The van der Waals surface area contributed by atoms with E-state index in [1.807, 2.05) is 49.4 Å². The van der Waals surface area contributed by atoms with Crippen molar-refractivity contribution < 1.29 is 4.74 Å². The summed E-state index contributed by atoms with van der Waals surface area (Å²) in [5, 5.41) is 7.33. The van der Waals surface area contributed by atoms with Crippen LogP contribution >= 0.6 is 11.6 Å². The fourth-order valence-electron chi connectivity index (χ4n) is 2.64. The van der Waals surface area contributed by atoms with Gasteiger partial charge in [-0.3, -0.25) is 0 Å². The normalized spacial score (nSPS) is 10.4. The van der Waals surface area contributed by atoms with Gasteiger partial charge in [-0.05, 0) is 42.7 Å². The Morgan fingerprint density at radius 1 is 1.04 bits per heavy atom. The van der Waals surface area contributed by atoms with Crippen molar-refractivity contribution in [2.45, 2.75) is 13.3 Å². The van der Waals surface area contributed by atoms with Crippen LogP contribution in [-0.2, 0) is 6.42 Å². The maximum Gasteiger partial charge on any atom is 0.135 e. The molecule has 6 heteroatoms. The molecule has 2 N–H and O–H groups in total. The Balaban J connectivity index is 1.63. The molecule has 26 heavy (non-hydrogen) atoms. The van der Waals surface area contributed by atoms with Gasteiger partial charge in [-0.2, -0.15) is 0 Å². The minimum atomic E-state index is 0.713. The molecule has 0 aliphatic heterocycles. The Kier molecular flexibility index (Phi) is 5.92. The van der Waals surface area contributed by atoms with Crippen molar-refractivity contribution in [2.75, 3.05) is 24.3 Å². The topological polar surface area (TPSA) is 59.1 Å². The molecule has 0 fully saturated rings. The summed E-state index contributed by atoms with van der Waals surface area (Å²) in [5.74, 6) is 2.37. The van der Waals surface area contributed by atoms with Gasteiger partial charge in [0.2, 0.25) is 0 Å². The molecule has 2 aromatic carbocycles. The number of hydrogen-bond donors (Lipinski definition) is 2. The monoisotopic (exact) mass is 368 g/mol. The van der Waals surface area contributed by atoms with Crippen LogP contribution < -0.4 is 15.4 Å². The third-order valence-electron chi connectivity index (χ3n) is 4.09. The number of nitrogens with zero attached hydrogens (tertiary/aromatic N) is 2. The third-order valence-corrected chi connectivity index (χ3v) is 4.50. The standard InChI is InChI=1S/C20H21ClN4O/c1-14-16(21)7-5-8-17(14)25-20-12-19(23-13-24-20)22-11-10-15-6-3-4-9-18(15)26-2/h3-9,12-13H,10-11H2,1-2H3,(H2,22,23,24,25). The summed E-state index contributed by atoms with van der Waals surface area (Å²) in [4.78, 5) is 8.55. The molecule has 0 atom stereocenters. The highest BCUT2D eigenvalue weighted by molar-refractivity contribution is 6.31. The zero-order valence-electron chi connectivity index (χ0n) is 14.8. The lowest BCUT2D eigenvalue weighted by Gasteiger charge is -2.12. The molecule has 1 heterocycles. The zero-order valence-corrected chi connectivity index (χ0v) is 15.5. The van der Waals surface area contributed by atoms with E-state index in [0.717, 1.165) is 46.4 Å². The number of halogens is 1. The van der Waals surface area contributed by atoms with Crippen LogP contribution in [0.4, 0.5) is 17.3 Å². The molecule has 5 nitrogen and oxygen atoms in total. The molecule has 0 radical (unpaired) electrons. The molecule has 3 rings (SSSR count). The van der Waals surface area contributed by atoms with Crippen LogP contribution in [0.15, 0.2) is 54.9 Å². The second-order valence-electron chi connectivity index (χ2n) is 5.81. The van der Waals surface area contributed by atoms with Gasteiger partial charge >= 0.3 is 0 Å². The number of aromatic nitrogens is 2. The van der Waals surface area contributed by atoms with E-state index in [1.165, 1.54) is 6.33 Å². The van der Waals surface area contributed by atoms with Gasteiger partial charge in [-0.25, -0.2) is 9.97 Å². The van der Waals surface area contributed by atoms with E-state index in [-0.39, 0.29) is 0 Å². The van der Waals surface area contributed by atoms with Crippen LogP contribution in [0.25, 0.3) is 0 Å². The third kappa shape index (κ3) is 4.43. The van der Waals surface area contributed by atoms with Crippen LogP contribution in [0.1, 0.15) is 11.1 Å². The number of para-hydroxylation sites is 1. The maximum atomic E-state index is 6.17. The first-order chi connectivity index (χ1) is 12.7. The molecule has 3 aromatic rings. The van der Waals surface area contributed by atoms with E-state index in [1.54, 1.807) is 7.11 Å². The highest BCUT2D eigenvalue weighted by Gasteiger charge is 2.05. The number of hydrogen-bond acceptors (Lipinski definition) is 5. The van der Waals surface area contributed by atoms with Gasteiger partial charge in [0.25, 0.3) is 0 Å². The van der Waals surface area contributed by atoms with Crippen LogP contribution in [0, 0.1) is 6.92 Å². The average Bonchev–Trinajstić information content (AvgIpc) is 2.66. The van der Waals surface area contributed by atoms with Crippen molar-refractivity contribution in [3.05, 3.63) is 71.0 Å². The van der Waals surface area contributed by atoms with Crippen molar-refractivity contribution in [1.29, 1.82) is 0 Å². The molecule has 0 saturated carbocycles. The van der Waals surface area contributed by atoms with Crippen molar-refractivity contribution in [1.82, 2.24) is 9.97 Å². The Morgan fingerprint density at radius 2 is 1.85 bits per heavy atom. The van der Waals surface area contributed by atoms with E-state index in [9.17, 15) is 0 Å². The molecule has 134 valence electrons. The lowest BCUT2D eigenvalue weighted by Crippen LogP contribution is -2.08. The van der Waals surface area contributed by atoms with Crippen molar-refractivity contribution in [2.24, 2.45) is 0 Å². The van der Waals surface area contributed by atoms with Crippen molar-refractivity contribution in [3.63, 3.8) is 0 Å². The first-order valence-electron chi connectivity index (χ1n) is 8.37. The SMILES string of the molecule is COc1ccccc1CCNc1cc(Nc2cccc(Cl)c2C)ncn1. The van der Waals surface area contributed by atoms with Gasteiger partial charge in [0, 0.05) is 23.3 Å². The van der Waals surface area contributed by atoms with E-state index in [4.69, 9.17) is 16.3 Å². The number of ether oxygens (including phenoxy) is 1. The number of methoxy groups -OCH3 is 1. The number of benzene rings is 2. The highest BCUT2D eigenvalue weighted by Crippen LogP contribution is 2.26. The molecule has 0 aliphatic rings. The minimum Gasteiger partial charge on any atom is -0.496 e. The van der Waals surface area contributed by atoms with E-state index in [2.05, 4.69) is 26.7 Å². The van der Waals surface area contributed by atoms with E-state index < -0.39 is 0 Å². The Bertz CT molecular complexity index is 885. The quantitative estimate of drug-likeness (QED) is 0.624. The fraction of sp³-hybridized carbons (Fsp3) is 0.200. The predicted octanol–water partition coefficient (Wildman–Crippen LogP) is 4.85. The Hall–Kier alpha value is -2.79. The summed E-state index contributed by atoms with van der Waals surface area (Å²) >= 11 is 6.17. The minimum absolute atomic E-state index is 0.713. The molecule has 0 saturated heterocycles. The zero-order chi connectivity index (χ0) is 18.4. The number of rotatable bonds is 7. The molecule has 0 unspecified atom stereocenters. The van der Waals surface area contributed by atoms with Crippen LogP contribution in [0.2, 0.25) is 5.02 Å². The van der Waals surface area contributed by atoms with Gasteiger partial charge in [0.05, 0.1) is 7.11 Å². The van der Waals surface area contributed by atoms with Crippen LogP contribution in [0.5, 0.6) is 5.75 Å². The highest BCUT2D eigenvalue weighted by atomic mass is 35.5. The lowest BCUT2D eigenvalue weighted by molar-refractivity contribution is 0.410. The molecular weight excluding hydrogens is 348 g/mol. The summed E-state index contributed by atoms with van der Waals surface area (Å²) in [7, 11) is 1.69. The van der Waals surface area contributed by atoms with Gasteiger partial charge in [-0.1, -0.05) is 35.9 Å². The van der Waals surface area contributed by atoms with E-state index in [0.29, 0.717) is 5.82 Å². The lowest BCUT2D eigenvalue weighted by atomic mass is 10.1. The molecule has 1 aromatic heterocycles. The van der Waals surface area contributed by atoms with Gasteiger partial charge < -0.3 is 15.4 Å². The summed E-state index contributed by atoms with van der Waals surface area (Å²) in [6, 6.07) is 15.6. The molecule has 0 amide bonds. The van der Waals surface area contributed by atoms with Crippen LogP contribution in [0.3, 0.4) is 0 Å². The fourth-order valence-corrected chi connectivity index (χ4v) is 2.81. The number of anilines is 3. The molecule has 0 aliphatic carbocycles. The summed E-state index contributed by atoms with van der Waals surface area (Å²) in [5.41, 5.74) is 3.07. The Morgan fingerprint density at radius 3 is 2.69 bits per heavy atom. The number of nitrogens with one attached hydrogen (secondary N) is 2. The second kappa shape index (κ2) is 8.54. The summed E-state index contributed by atoms with van der Waals surface area (Å²) in [6.45, 7) is 2.71. The molecular formula is C20H21ClN4O. The van der Waals surface area contributed by atoms with Gasteiger partial charge in [0.1, 0.15) is 23.7 Å². The molecule has 0 bridgehead atoms. The van der Waals surface area contributed by atoms with Gasteiger partial charge in [0.15, 0.2) is 0 Å². The first kappa shape index (κ1) is 18.0.